The SMILES string of the molecule is CCS(=O)(=O)CCn1cccc1C(C)=O. The lowest BCUT2D eigenvalue weighted by molar-refractivity contribution is 0.100. The smallest absolute Gasteiger partial charge is 0.176 e. The summed E-state index contributed by atoms with van der Waals surface area (Å²) < 4.78 is 24.2. The van der Waals surface area contributed by atoms with Gasteiger partial charge in [0.2, 0.25) is 0 Å². The van der Waals surface area contributed by atoms with E-state index >= 15 is 0 Å². The van der Waals surface area contributed by atoms with Crippen LogP contribution in [0, 0.1) is 0 Å². The lowest BCUT2D eigenvalue weighted by Gasteiger charge is -2.06. The number of carbonyl (C=O) groups is 1. The highest BCUT2D eigenvalue weighted by Crippen LogP contribution is 2.04. The first-order valence-corrected chi connectivity index (χ1v) is 6.65. The molecule has 84 valence electrons. The molecular formula is C10H15NO3S. The van der Waals surface area contributed by atoms with Gasteiger partial charge in [-0.2, -0.15) is 0 Å². The molecular weight excluding hydrogens is 214 g/mol. The van der Waals surface area contributed by atoms with Gasteiger partial charge in [-0.15, -0.1) is 0 Å². The van der Waals surface area contributed by atoms with E-state index in [0.29, 0.717) is 12.2 Å². The lowest BCUT2D eigenvalue weighted by atomic mass is 10.3. The molecule has 0 aliphatic rings. The summed E-state index contributed by atoms with van der Waals surface area (Å²) in [4.78, 5) is 11.2. The van der Waals surface area contributed by atoms with E-state index < -0.39 is 9.84 Å². The van der Waals surface area contributed by atoms with Crippen molar-refractivity contribution in [2.24, 2.45) is 0 Å². The molecule has 0 saturated heterocycles. The maximum atomic E-state index is 11.3. The average molecular weight is 229 g/mol. The quantitative estimate of drug-likeness (QED) is 0.711. The number of aromatic nitrogens is 1. The van der Waals surface area contributed by atoms with Gasteiger partial charge in [-0.1, -0.05) is 6.92 Å². The van der Waals surface area contributed by atoms with Gasteiger partial charge in [-0.05, 0) is 12.1 Å². The standard InChI is InChI=1S/C10H15NO3S/c1-3-15(13,14)8-7-11-6-4-5-10(11)9(2)12/h4-6H,3,7-8H2,1-2H3. The third-order valence-corrected chi connectivity index (χ3v) is 3.96. The molecule has 0 N–H and O–H groups in total. The van der Waals surface area contributed by atoms with Gasteiger partial charge < -0.3 is 4.57 Å². The van der Waals surface area contributed by atoms with Crippen LogP contribution >= 0.6 is 0 Å². The van der Waals surface area contributed by atoms with Crippen molar-refractivity contribution in [2.45, 2.75) is 20.4 Å². The molecule has 1 rings (SSSR count). The Hall–Kier alpha value is -1.10. The monoisotopic (exact) mass is 229 g/mol. The van der Waals surface area contributed by atoms with Gasteiger partial charge in [0.05, 0.1) is 11.4 Å². The van der Waals surface area contributed by atoms with Gasteiger partial charge in [-0.25, -0.2) is 8.42 Å². The number of hydrogen-bond acceptors (Lipinski definition) is 3. The highest BCUT2D eigenvalue weighted by Gasteiger charge is 2.10. The van der Waals surface area contributed by atoms with Crippen LogP contribution in [0.2, 0.25) is 0 Å². The first kappa shape index (κ1) is 12.0. The fraction of sp³-hybridized carbons (Fsp3) is 0.500. The van der Waals surface area contributed by atoms with Crippen molar-refractivity contribution in [2.75, 3.05) is 11.5 Å². The Labute approximate surface area is 89.8 Å². The predicted molar refractivity (Wildman–Crippen MR) is 58.8 cm³/mol. The van der Waals surface area contributed by atoms with Crippen molar-refractivity contribution >= 4 is 15.6 Å². The molecule has 0 aliphatic heterocycles. The summed E-state index contributed by atoms with van der Waals surface area (Å²) in [5.41, 5.74) is 0.557. The molecule has 4 nitrogen and oxygen atoms in total. The molecule has 0 amide bonds. The van der Waals surface area contributed by atoms with Gasteiger partial charge in [0.25, 0.3) is 0 Å². The topological polar surface area (TPSA) is 56.1 Å². The molecule has 0 bridgehead atoms. The Kier molecular flexibility index (Phi) is 3.68. The summed E-state index contributed by atoms with van der Waals surface area (Å²) in [6, 6.07) is 3.44. The Bertz CT molecular complexity index is 445. The Balaban J connectivity index is 2.74. The van der Waals surface area contributed by atoms with E-state index in [-0.39, 0.29) is 17.3 Å². The van der Waals surface area contributed by atoms with Crippen LogP contribution in [0.1, 0.15) is 24.3 Å². The van der Waals surface area contributed by atoms with Crippen LogP contribution in [0.25, 0.3) is 0 Å². The van der Waals surface area contributed by atoms with Crippen molar-refractivity contribution < 1.29 is 13.2 Å². The van der Waals surface area contributed by atoms with E-state index in [4.69, 9.17) is 0 Å². The van der Waals surface area contributed by atoms with Gasteiger partial charge in [0.1, 0.15) is 0 Å². The molecule has 5 heteroatoms. The largest absolute Gasteiger partial charge is 0.344 e. The highest BCUT2D eigenvalue weighted by molar-refractivity contribution is 7.91. The van der Waals surface area contributed by atoms with Crippen LogP contribution in [0.5, 0.6) is 0 Å². The molecule has 0 atom stereocenters. The minimum Gasteiger partial charge on any atom is -0.344 e. The third-order valence-electron chi connectivity index (χ3n) is 2.27. The molecule has 0 aliphatic carbocycles. The molecule has 0 spiro atoms. The molecule has 1 aromatic heterocycles. The van der Waals surface area contributed by atoms with E-state index in [1.54, 1.807) is 29.8 Å². The van der Waals surface area contributed by atoms with Gasteiger partial charge in [-0.3, -0.25) is 4.79 Å². The molecule has 1 aromatic rings. The Morgan fingerprint density at radius 2 is 2.13 bits per heavy atom. The van der Waals surface area contributed by atoms with Crippen LogP contribution in [-0.4, -0.2) is 30.3 Å². The molecule has 15 heavy (non-hydrogen) atoms. The summed E-state index contributed by atoms with van der Waals surface area (Å²) in [5, 5.41) is 0. The first-order valence-electron chi connectivity index (χ1n) is 4.83. The van der Waals surface area contributed by atoms with Gasteiger partial charge in [0, 0.05) is 25.4 Å². The van der Waals surface area contributed by atoms with E-state index in [1.165, 1.54) is 6.92 Å². The zero-order chi connectivity index (χ0) is 11.5. The van der Waals surface area contributed by atoms with E-state index in [9.17, 15) is 13.2 Å². The number of nitrogens with zero attached hydrogens (tertiary/aromatic N) is 1. The Morgan fingerprint density at radius 3 is 2.67 bits per heavy atom. The normalized spacial score (nSPS) is 11.6. The summed E-state index contributed by atoms with van der Waals surface area (Å²) in [5.74, 6) is 0.177. The van der Waals surface area contributed by atoms with Gasteiger partial charge >= 0.3 is 0 Å². The summed E-state index contributed by atoms with van der Waals surface area (Å²) in [7, 11) is -2.97. The summed E-state index contributed by atoms with van der Waals surface area (Å²) in [6.07, 6.45) is 1.72. The van der Waals surface area contributed by atoms with Crippen LogP contribution < -0.4 is 0 Å². The van der Waals surface area contributed by atoms with Crippen molar-refractivity contribution in [3.05, 3.63) is 24.0 Å². The summed E-state index contributed by atoms with van der Waals surface area (Å²) >= 11 is 0. The maximum Gasteiger partial charge on any atom is 0.176 e. The van der Waals surface area contributed by atoms with Crippen molar-refractivity contribution in [1.29, 1.82) is 0 Å². The van der Waals surface area contributed by atoms with E-state index in [1.807, 2.05) is 0 Å². The highest BCUT2D eigenvalue weighted by atomic mass is 32.2. The van der Waals surface area contributed by atoms with Crippen molar-refractivity contribution in [3.8, 4) is 0 Å². The minimum absolute atomic E-state index is 0.0473. The molecule has 0 aromatic carbocycles. The third kappa shape index (κ3) is 3.20. The molecule has 0 radical (unpaired) electrons. The van der Waals surface area contributed by atoms with Crippen molar-refractivity contribution in [3.63, 3.8) is 0 Å². The molecule has 0 saturated carbocycles. The van der Waals surface area contributed by atoms with Crippen LogP contribution in [-0.2, 0) is 16.4 Å². The fourth-order valence-corrected chi connectivity index (χ4v) is 2.07. The number of sulfone groups is 1. The zero-order valence-corrected chi connectivity index (χ0v) is 9.75. The maximum absolute atomic E-state index is 11.3. The van der Waals surface area contributed by atoms with Crippen LogP contribution in [0.4, 0.5) is 0 Å². The first-order chi connectivity index (χ1) is 6.96. The van der Waals surface area contributed by atoms with Crippen LogP contribution in [0.15, 0.2) is 18.3 Å². The van der Waals surface area contributed by atoms with E-state index in [2.05, 4.69) is 0 Å². The average Bonchev–Trinajstić information content (AvgIpc) is 2.63. The molecule has 1 heterocycles. The second-order valence-corrected chi connectivity index (χ2v) is 5.85. The predicted octanol–water partition coefficient (Wildman–Crippen LogP) is 1.13. The second kappa shape index (κ2) is 4.61. The Morgan fingerprint density at radius 1 is 1.47 bits per heavy atom. The number of hydrogen-bond donors (Lipinski definition) is 0. The molecule has 0 fully saturated rings. The van der Waals surface area contributed by atoms with Crippen molar-refractivity contribution in [1.82, 2.24) is 4.57 Å². The number of Topliss-reactive ketones (excluding diaryl/α,β-unsaturated/α-hetero) is 1. The van der Waals surface area contributed by atoms with Gasteiger partial charge in [0.15, 0.2) is 15.6 Å². The fourth-order valence-electron chi connectivity index (χ4n) is 1.31. The second-order valence-electron chi connectivity index (χ2n) is 3.38. The number of aryl methyl sites for hydroxylation is 1. The number of ketones is 1. The van der Waals surface area contributed by atoms with Crippen LogP contribution in [0.3, 0.4) is 0 Å². The van der Waals surface area contributed by atoms with E-state index in [0.717, 1.165) is 0 Å². The zero-order valence-electron chi connectivity index (χ0n) is 8.93. The lowest BCUT2D eigenvalue weighted by Crippen LogP contribution is -2.16. The number of carbonyl (C=O) groups excluding carboxylic acids is 1. The summed E-state index contributed by atoms with van der Waals surface area (Å²) in [6.45, 7) is 3.44. The number of rotatable bonds is 5. The molecule has 0 unspecified atom stereocenters. The minimum atomic E-state index is -2.97.